The molecule has 57 heavy (non-hydrogen) atoms. The van der Waals surface area contributed by atoms with E-state index in [1.807, 2.05) is 0 Å². The van der Waals surface area contributed by atoms with Crippen molar-refractivity contribution in [3.05, 3.63) is 237 Å². The highest BCUT2D eigenvalue weighted by atomic mass is 15.1. The SMILES string of the molecule is c1ccc(-c2ccc(-c3ccc(N(c4cccc(-c5ccccc5)c4)c4ccc5c(c4)c(-c4ccccc4)c(-c4ccccc4)c4ccccc45)cc3)cc2)cc1. The van der Waals surface area contributed by atoms with Gasteiger partial charge in [-0.25, -0.2) is 0 Å². The van der Waals surface area contributed by atoms with Crippen molar-refractivity contribution in [3.8, 4) is 55.6 Å². The molecule has 0 fully saturated rings. The van der Waals surface area contributed by atoms with Crippen LogP contribution in [0.4, 0.5) is 17.1 Å². The Morgan fingerprint density at radius 1 is 0.193 bits per heavy atom. The van der Waals surface area contributed by atoms with E-state index in [9.17, 15) is 0 Å². The Hall–Kier alpha value is -7.48. The van der Waals surface area contributed by atoms with Gasteiger partial charge in [0.25, 0.3) is 0 Å². The fourth-order valence-electron chi connectivity index (χ4n) is 8.32. The highest BCUT2D eigenvalue weighted by molar-refractivity contribution is 6.22. The van der Waals surface area contributed by atoms with Crippen LogP contribution in [0, 0.1) is 0 Å². The molecule has 268 valence electrons. The van der Waals surface area contributed by atoms with Crippen molar-refractivity contribution in [3.63, 3.8) is 0 Å². The molecule has 0 heterocycles. The van der Waals surface area contributed by atoms with E-state index in [0.717, 1.165) is 17.1 Å². The van der Waals surface area contributed by atoms with E-state index in [1.165, 1.54) is 77.2 Å². The summed E-state index contributed by atoms with van der Waals surface area (Å²) in [5, 5.41) is 4.95. The number of hydrogen-bond acceptors (Lipinski definition) is 1. The lowest BCUT2D eigenvalue weighted by Crippen LogP contribution is -2.10. The number of rotatable bonds is 8. The van der Waals surface area contributed by atoms with Gasteiger partial charge in [0.2, 0.25) is 0 Å². The molecule has 10 aromatic carbocycles. The second-order valence-electron chi connectivity index (χ2n) is 14.5. The lowest BCUT2D eigenvalue weighted by molar-refractivity contribution is 1.29. The van der Waals surface area contributed by atoms with E-state index < -0.39 is 0 Å². The maximum Gasteiger partial charge on any atom is 0.0468 e. The summed E-state index contributed by atoms with van der Waals surface area (Å²) < 4.78 is 0. The largest absolute Gasteiger partial charge is 0.310 e. The minimum Gasteiger partial charge on any atom is -0.310 e. The average Bonchev–Trinajstić information content (AvgIpc) is 3.30. The normalized spacial score (nSPS) is 11.2. The third-order valence-electron chi connectivity index (χ3n) is 11.1. The second-order valence-corrected chi connectivity index (χ2v) is 14.5. The first-order valence-corrected chi connectivity index (χ1v) is 19.6. The molecule has 0 aliphatic heterocycles. The van der Waals surface area contributed by atoms with Crippen LogP contribution in [-0.2, 0) is 0 Å². The van der Waals surface area contributed by atoms with Crippen LogP contribution < -0.4 is 4.90 Å². The minimum atomic E-state index is 1.09. The number of nitrogens with zero attached hydrogens (tertiary/aromatic N) is 1. The molecule has 10 aromatic rings. The average molecular weight is 726 g/mol. The van der Waals surface area contributed by atoms with Gasteiger partial charge in [0.1, 0.15) is 0 Å². The maximum absolute atomic E-state index is 2.40. The summed E-state index contributed by atoms with van der Waals surface area (Å²) >= 11 is 0. The van der Waals surface area contributed by atoms with Gasteiger partial charge in [-0.15, -0.1) is 0 Å². The van der Waals surface area contributed by atoms with Gasteiger partial charge in [-0.05, 0) is 114 Å². The van der Waals surface area contributed by atoms with Crippen molar-refractivity contribution in [2.45, 2.75) is 0 Å². The van der Waals surface area contributed by atoms with Crippen LogP contribution in [0.1, 0.15) is 0 Å². The molecular weight excluding hydrogens is 687 g/mol. The summed E-state index contributed by atoms with van der Waals surface area (Å²) in [7, 11) is 0. The van der Waals surface area contributed by atoms with Gasteiger partial charge in [0.15, 0.2) is 0 Å². The zero-order valence-corrected chi connectivity index (χ0v) is 31.5. The Balaban J connectivity index is 1.17. The molecule has 0 amide bonds. The van der Waals surface area contributed by atoms with Crippen LogP contribution in [0.5, 0.6) is 0 Å². The molecular formula is C56H39N. The van der Waals surface area contributed by atoms with Gasteiger partial charge in [-0.2, -0.15) is 0 Å². The molecule has 1 heteroatoms. The quantitative estimate of drug-likeness (QED) is 0.141. The maximum atomic E-state index is 2.40. The van der Waals surface area contributed by atoms with E-state index >= 15 is 0 Å². The molecule has 0 bridgehead atoms. The molecule has 1 nitrogen and oxygen atoms in total. The molecule has 0 aliphatic carbocycles. The molecule has 0 atom stereocenters. The van der Waals surface area contributed by atoms with Crippen LogP contribution in [0.25, 0.3) is 77.2 Å². The Bertz CT molecular complexity index is 2950. The Kier molecular flexibility index (Phi) is 8.95. The minimum absolute atomic E-state index is 1.09. The lowest BCUT2D eigenvalue weighted by atomic mass is 9.85. The van der Waals surface area contributed by atoms with Gasteiger partial charge < -0.3 is 4.90 Å². The van der Waals surface area contributed by atoms with Crippen molar-refractivity contribution >= 4 is 38.6 Å². The molecule has 0 radical (unpaired) electrons. The third-order valence-corrected chi connectivity index (χ3v) is 11.1. The summed E-state index contributed by atoms with van der Waals surface area (Å²) in [5.41, 5.74) is 15.4. The van der Waals surface area contributed by atoms with Crippen molar-refractivity contribution in [1.29, 1.82) is 0 Å². The van der Waals surface area contributed by atoms with Crippen molar-refractivity contribution in [1.82, 2.24) is 0 Å². The number of fused-ring (bicyclic) bond motifs is 3. The second kappa shape index (κ2) is 15.0. The van der Waals surface area contributed by atoms with Crippen LogP contribution in [0.15, 0.2) is 237 Å². The molecule has 10 rings (SSSR count). The van der Waals surface area contributed by atoms with Crippen LogP contribution in [0.3, 0.4) is 0 Å². The summed E-state index contributed by atoms with van der Waals surface area (Å²) in [6, 6.07) is 85.6. The topological polar surface area (TPSA) is 3.24 Å². The van der Waals surface area contributed by atoms with E-state index in [1.54, 1.807) is 0 Å². The van der Waals surface area contributed by atoms with E-state index in [0.29, 0.717) is 0 Å². The van der Waals surface area contributed by atoms with Crippen molar-refractivity contribution < 1.29 is 0 Å². The van der Waals surface area contributed by atoms with Crippen LogP contribution in [0.2, 0.25) is 0 Å². The standard InChI is InChI=1S/C56H39N/c1-5-16-40(17-6-1)42-28-30-43(31-29-42)44-32-34-48(35-33-44)57(49-25-15-24-47(38-49)41-18-7-2-8-19-41)50-36-37-52-51-26-13-14-27-53(51)55(45-20-9-3-10-21-45)56(54(52)39-50)46-22-11-4-12-23-46/h1-39H. The number of anilines is 3. The first-order chi connectivity index (χ1) is 28.3. The molecule has 0 aromatic heterocycles. The van der Waals surface area contributed by atoms with Gasteiger partial charge in [-0.1, -0.05) is 200 Å². The smallest absolute Gasteiger partial charge is 0.0468 e. The first kappa shape index (κ1) is 34.0. The summed E-state index contributed by atoms with van der Waals surface area (Å²) in [5.74, 6) is 0. The van der Waals surface area contributed by atoms with E-state index in [2.05, 4.69) is 241 Å². The number of benzene rings is 10. The molecule has 0 aliphatic rings. The predicted molar refractivity (Wildman–Crippen MR) is 243 cm³/mol. The van der Waals surface area contributed by atoms with E-state index in [4.69, 9.17) is 0 Å². The fourth-order valence-corrected chi connectivity index (χ4v) is 8.32. The summed E-state index contributed by atoms with van der Waals surface area (Å²) in [6.45, 7) is 0. The summed E-state index contributed by atoms with van der Waals surface area (Å²) in [6.07, 6.45) is 0. The predicted octanol–water partition coefficient (Wildman–Crippen LogP) is 15.8. The highest BCUT2D eigenvalue weighted by Crippen LogP contribution is 2.47. The highest BCUT2D eigenvalue weighted by Gasteiger charge is 2.20. The Morgan fingerprint density at radius 3 is 1.12 bits per heavy atom. The molecule has 0 spiro atoms. The first-order valence-electron chi connectivity index (χ1n) is 19.6. The summed E-state index contributed by atoms with van der Waals surface area (Å²) in [4.78, 5) is 2.40. The zero-order valence-electron chi connectivity index (χ0n) is 31.5. The van der Waals surface area contributed by atoms with Crippen molar-refractivity contribution in [2.24, 2.45) is 0 Å². The Morgan fingerprint density at radius 2 is 0.561 bits per heavy atom. The van der Waals surface area contributed by atoms with Crippen LogP contribution in [-0.4, -0.2) is 0 Å². The van der Waals surface area contributed by atoms with Gasteiger partial charge in [0.05, 0.1) is 0 Å². The molecule has 0 saturated heterocycles. The molecule has 0 saturated carbocycles. The monoisotopic (exact) mass is 725 g/mol. The number of hydrogen-bond donors (Lipinski definition) is 0. The third kappa shape index (κ3) is 6.56. The zero-order chi connectivity index (χ0) is 38.0. The van der Waals surface area contributed by atoms with E-state index in [-0.39, 0.29) is 0 Å². The Labute approximate surface area is 334 Å². The van der Waals surface area contributed by atoms with Crippen LogP contribution >= 0.6 is 0 Å². The molecule has 0 unspecified atom stereocenters. The molecule has 0 N–H and O–H groups in total. The lowest BCUT2D eigenvalue weighted by Gasteiger charge is -2.27. The van der Waals surface area contributed by atoms with Gasteiger partial charge >= 0.3 is 0 Å². The van der Waals surface area contributed by atoms with Crippen molar-refractivity contribution in [2.75, 3.05) is 4.90 Å². The fraction of sp³-hybridized carbons (Fsp3) is 0. The van der Waals surface area contributed by atoms with Gasteiger partial charge in [-0.3, -0.25) is 0 Å². The van der Waals surface area contributed by atoms with Gasteiger partial charge in [0, 0.05) is 17.1 Å².